The van der Waals surface area contributed by atoms with Crippen LogP contribution in [0.1, 0.15) is 11.1 Å². The summed E-state index contributed by atoms with van der Waals surface area (Å²) in [5, 5.41) is 0. The molecule has 0 bridgehead atoms. The minimum Gasteiger partial charge on any atom is -0.497 e. The fourth-order valence-corrected chi connectivity index (χ4v) is 4.33. The highest BCUT2D eigenvalue weighted by Crippen LogP contribution is 2.28. The van der Waals surface area contributed by atoms with Crippen molar-refractivity contribution in [2.75, 3.05) is 11.8 Å². The Kier molecular flexibility index (Phi) is 4.50. The van der Waals surface area contributed by atoms with Crippen molar-refractivity contribution in [2.45, 2.75) is 18.7 Å². The number of nitrogens with one attached hydrogen (secondary N) is 2. The molecule has 0 radical (unpaired) electrons. The Labute approximate surface area is 146 Å². The Morgan fingerprint density at radius 3 is 2.44 bits per heavy atom. The molecule has 2 N–H and O–H groups in total. The minimum absolute atomic E-state index is 0.264. The molecule has 0 unspecified atom stereocenters. The number of methoxy groups -OCH3 is 1. The monoisotopic (exact) mass is 357 g/mol. The van der Waals surface area contributed by atoms with Gasteiger partial charge >= 0.3 is 0 Å². The van der Waals surface area contributed by atoms with Crippen LogP contribution in [0.25, 0.3) is 11.3 Å². The predicted molar refractivity (Wildman–Crippen MR) is 97.3 cm³/mol. The van der Waals surface area contributed by atoms with E-state index in [0.717, 1.165) is 11.3 Å². The molecule has 0 spiro atoms. The van der Waals surface area contributed by atoms with Gasteiger partial charge in [0.1, 0.15) is 5.75 Å². The van der Waals surface area contributed by atoms with Crippen molar-refractivity contribution < 1.29 is 13.2 Å². The zero-order valence-corrected chi connectivity index (χ0v) is 15.0. The molecular formula is C18H19N3O3S. The Morgan fingerprint density at radius 1 is 1.12 bits per heavy atom. The van der Waals surface area contributed by atoms with Gasteiger partial charge in [-0.2, -0.15) is 0 Å². The van der Waals surface area contributed by atoms with Crippen LogP contribution in [-0.2, 0) is 10.0 Å². The predicted octanol–water partition coefficient (Wildman–Crippen LogP) is 3.50. The van der Waals surface area contributed by atoms with E-state index in [9.17, 15) is 8.42 Å². The van der Waals surface area contributed by atoms with Gasteiger partial charge in [0, 0.05) is 11.3 Å². The number of sulfonamides is 1. The zero-order chi connectivity index (χ0) is 18.0. The fraction of sp³-hybridized carbons (Fsp3) is 0.167. The maximum absolute atomic E-state index is 12.9. The first-order valence-electron chi connectivity index (χ1n) is 7.67. The lowest BCUT2D eigenvalue weighted by Gasteiger charge is -2.14. The van der Waals surface area contributed by atoms with E-state index in [-0.39, 0.29) is 4.90 Å². The molecule has 3 rings (SSSR count). The van der Waals surface area contributed by atoms with Gasteiger partial charge in [-0.15, -0.1) is 0 Å². The van der Waals surface area contributed by atoms with E-state index in [2.05, 4.69) is 14.7 Å². The van der Waals surface area contributed by atoms with Crippen LogP contribution >= 0.6 is 0 Å². The molecule has 25 heavy (non-hydrogen) atoms. The van der Waals surface area contributed by atoms with Gasteiger partial charge in [0.25, 0.3) is 10.0 Å². The van der Waals surface area contributed by atoms with Gasteiger partial charge in [0.15, 0.2) is 0 Å². The molecule has 0 aliphatic heterocycles. The number of imidazole rings is 1. The SMILES string of the molecule is COc1cc(C)c(S(=O)(=O)Nc2cccc(-c3cnc[nH]3)c2)c(C)c1. The van der Waals surface area contributed by atoms with Crippen molar-refractivity contribution in [3.63, 3.8) is 0 Å². The fourth-order valence-electron chi connectivity index (χ4n) is 2.82. The topological polar surface area (TPSA) is 84.1 Å². The first-order chi connectivity index (χ1) is 11.9. The number of nitrogens with zero attached hydrogens (tertiary/aromatic N) is 1. The summed E-state index contributed by atoms with van der Waals surface area (Å²) < 4.78 is 33.6. The summed E-state index contributed by atoms with van der Waals surface area (Å²) in [5.41, 5.74) is 3.42. The molecule has 0 fully saturated rings. The van der Waals surface area contributed by atoms with Crippen LogP contribution in [0.2, 0.25) is 0 Å². The molecule has 0 atom stereocenters. The summed E-state index contributed by atoms with van der Waals surface area (Å²) in [7, 11) is -2.16. The number of H-pyrrole nitrogens is 1. The lowest BCUT2D eigenvalue weighted by molar-refractivity contribution is 0.413. The molecule has 3 aromatic rings. The van der Waals surface area contributed by atoms with Gasteiger partial charge < -0.3 is 9.72 Å². The molecule has 0 amide bonds. The molecule has 0 saturated heterocycles. The van der Waals surface area contributed by atoms with Crippen molar-refractivity contribution >= 4 is 15.7 Å². The maximum atomic E-state index is 12.9. The van der Waals surface area contributed by atoms with Crippen LogP contribution in [0.4, 0.5) is 5.69 Å². The number of rotatable bonds is 5. The standard InChI is InChI=1S/C18H19N3O3S/c1-12-7-16(24-3)8-13(2)18(12)25(22,23)21-15-6-4-5-14(9-15)17-10-19-11-20-17/h4-11,21H,1-3H3,(H,19,20). The second-order valence-electron chi connectivity index (χ2n) is 5.74. The summed E-state index contributed by atoms with van der Waals surface area (Å²) in [4.78, 5) is 7.25. The van der Waals surface area contributed by atoms with Gasteiger partial charge in [-0.3, -0.25) is 4.72 Å². The van der Waals surface area contributed by atoms with Gasteiger partial charge in [0.2, 0.25) is 0 Å². The number of anilines is 1. The number of hydrogen-bond acceptors (Lipinski definition) is 4. The second-order valence-corrected chi connectivity index (χ2v) is 7.36. The van der Waals surface area contributed by atoms with Gasteiger partial charge in [-0.05, 0) is 49.2 Å². The van der Waals surface area contributed by atoms with E-state index in [1.54, 1.807) is 63.8 Å². The molecule has 130 valence electrons. The van der Waals surface area contributed by atoms with E-state index in [1.165, 1.54) is 0 Å². The normalized spacial score (nSPS) is 11.3. The highest BCUT2D eigenvalue weighted by atomic mass is 32.2. The maximum Gasteiger partial charge on any atom is 0.262 e. The number of benzene rings is 2. The summed E-state index contributed by atoms with van der Waals surface area (Å²) in [6, 6.07) is 10.6. The molecule has 0 saturated carbocycles. The van der Waals surface area contributed by atoms with Crippen LogP contribution in [0, 0.1) is 13.8 Å². The molecule has 0 aliphatic carbocycles. The van der Waals surface area contributed by atoms with Crippen molar-refractivity contribution in [1.29, 1.82) is 0 Å². The molecule has 7 heteroatoms. The van der Waals surface area contributed by atoms with Gasteiger partial charge in [0.05, 0.1) is 30.2 Å². The van der Waals surface area contributed by atoms with Crippen LogP contribution in [-0.4, -0.2) is 25.5 Å². The van der Waals surface area contributed by atoms with Gasteiger partial charge in [-0.1, -0.05) is 12.1 Å². The lowest BCUT2D eigenvalue weighted by atomic mass is 10.1. The minimum atomic E-state index is -3.72. The Morgan fingerprint density at radius 2 is 1.84 bits per heavy atom. The van der Waals surface area contributed by atoms with E-state index in [0.29, 0.717) is 22.6 Å². The van der Waals surface area contributed by atoms with Crippen molar-refractivity contribution in [1.82, 2.24) is 9.97 Å². The van der Waals surface area contributed by atoms with E-state index < -0.39 is 10.0 Å². The average Bonchev–Trinajstić information content (AvgIpc) is 3.08. The smallest absolute Gasteiger partial charge is 0.262 e. The number of aryl methyl sites for hydroxylation is 2. The number of aromatic nitrogens is 2. The van der Waals surface area contributed by atoms with Crippen molar-refractivity contribution in [3.8, 4) is 17.0 Å². The summed E-state index contributed by atoms with van der Waals surface area (Å²) >= 11 is 0. The van der Waals surface area contributed by atoms with Crippen molar-refractivity contribution in [2.24, 2.45) is 0 Å². The highest BCUT2D eigenvalue weighted by molar-refractivity contribution is 7.92. The van der Waals surface area contributed by atoms with E-state index >= 15 is 0 Å². The second kappa shape index (κ2) is 6.60. The van der Waals surface area contributed by atoms with Gasteiger partial charge in [-0.25, -0.2) is 13.4 Å². The van der Waals surface area contributed by atoms with Crippen LogP contribution in [0.5, 0.6) is 5.75 Å². The zero-order valence-electron chi connectivity index (χ0n) is 14.2. The lowest BCUT2D eigenvalue weighted by Crippen LogP contribution is -2.16. The summed E-state index contributed by atoms with van der Waals surface area (Å²) in [6.45, 7) is 3.51. The molecule has 1 aromatic heterocycles. The quantitative estimate of drug-likeness (QED) is 0.732. The third-order valence-electron chi connectivity index (χ3n) is 3.86. The summed E-state index contributed by atoms with van der Waals surface area (Å²) in [5.74, 6) is 0.634. The third-order valence-corrected chi connectivity index (χ3v) is 5.55. The first-order valence-corrected chi connectivity index (χ1v) is 9.16. The first kappa shape index (κ1) is 17.0. The number of ether oxygens (including phenoxy) is 1. The molecule has 0 aliphatic rings. The molecule has 2 aromatic carbocycles. The van der Waals surface area contributed by atoms with Crippen LogP contribution < -0.4 is 9.46 Å². The molecule has 6 nitrogen and oxygen atoms in total. The highest BCUT2D eigenvalue weighted by Gasteiger charge is 2.21. The van der Waals surface area contributed by atoms with Crippen LogP contribution in [0.3, 0.4) is 0 Å². The average molecular weight is 357 g/mol. The largest absolute Gasteiger partial charge is 0.497 e. The Balaban J connectivity index is 1.97. The van der Waals surface area contributed by atoms with E-state index in [1.807, 2.05) is 6.07 Å². The number of hydrogen-bond donors (Lipinski definition) is 2. The molecular weight excluding hydrogens is 338 g/mol. The van der Waals surface area contributed by atoms with Crippen LogP contribution in [0.15, 0.2) is 53.8 Å². The number of aromatic amines is 1. The Hall–Kier alpha value is -2.80. The van der Waals surface area contributed by atoms with Crippen molar-refractivity contribution in [3.05, 3.63) is 60.0 Å². The summed E-state index contributed by atoms with van der Waals surface area (Å²) in [6.07, 6.45) is 3.27. The van der Waals surface area contributed by atoms with E-state index in [4.69, 9.17) is 4.74 Å². The third kappa shape index (κ3) is 3.51. The Bertz CT molecular complexity index is 973. The molecule has 1 heterocycles.